The van der Waals surface area contributed by atoms with Gasteiger partial charge in [-0.15, -0.1) is 0 Å². The van der Waals surface area contributed by atoms with Crippen LogP contribution in [0.3, 0.4) is 0 Å². The molecule has 0 fully saturated rings. The van der Waals surface area contributed by atoms with Crippen LogP contribution in [0.25, 0.3) is 0 Å². The summed E-state index contributed by atoms with van der Waals surface area (Å²) in [5.74, 6) is 1.31. The summed E-state index contributed by atoms with van der Waals surface area (Å²) in [6, 6.07) is 13.0. The Labute approximate surface area is 124 Å². The van der Waals surface area contributed by atoms with Gasteiger partial charge in [-0.05, 0) is 36.8 Å². The number of aryl methyl sites for hydroxylation is 1. The standard InChI is InChI=1S/C17H19NO3/c1-12-4-6-14(7-5-12)17(19)18-11-13-8-15(20-2)10-16(9-13)21-3/h4-10H,11H2,1-3H3,(H,18,19). The number of hydrogen-bond donors (Lipinski definition) is 1. The normalized spacial score (nSPS) is 10.0. The first kappa shape index (κ1) is 14.9. The van der Waals surface area contributed by atoms with Gasteiger partial charge in [-0.25, -0.2) is 0 Å². The van der Waals surface area contributed by atoms with Crippen molar-refractivity contribution in [1.29, 1.82) is 0 Å². The van der Waals surface area contributed by atoms with E-state index in [1.807, 2.05) is 43.3 Å². The Morgan fingerprint density at radius 1 is 1.00 bits per heavy atom. The molecule has 4 heteroatoms. The molecular formula is C17H19NO3. The SMILES string of the molecule is COc1cc(CNC(=O)c2ccc(C)cc2)cc(OC)c1. The van der Waals surface area contributed by atoms with Crippen molar-refractivity contribution in [2.75, 3.05) is 14.2 Å². The summed E-state index contributed by atoms with van der Waals surface area (Å²) in [4.78, 5) is 12.1. The van der Waals surface area contributed by atoms with E-state index in [2.05, 4.69) is 5.32 Å². The summed E-state index contributed by atoms with van der Waals surface area (Å²) in [5, 5.41) is 2.89. The third-order valence-electron chi connectivity index (χ3n) is 3.18. The highest BCUT2D eigenvalue weighted by Gasteiger charge is 2.06. The second-order valence-corrected chi connectivity index (χ2v) is 4.77. The molecule has 0 aliphatic rings. The first-order chi connectivity index (χ1) is 10.1. The molecule has 0 saturated heterocycles. The highest BCUT2D eigenvalue weighted by atomic mass is 16.5. The van der Waals surface area contributed by atoms with Crippen LogP contribution in [0.15, 0.2) is 42.5 Å². The van der Waals surface area contributed by atoms with Crippen molar-refractivity contribution in [3.63, 3.8) is 0 Å². The summed E-state index contributed by atoms with van der Waals surface area (Å²) < 4.78 is 10.4. The van der Waals surface area contributed by atoms with Crippen molar-refractivity contribution in [1.82, 2.24) is 5.32 Å². The third kappa shape index (κ3) is 3.99. The van der Waals surface area contributed by atoms with Crippen molar-refractivity contribution >= 4 is 5.91 Å². The summed E-state index contributed by atoms with van der Waals surface area (Å²) in [5.41, 5.74) is 2.70. The fourth-order valence-electron chi connectivity index (χ4n) is 1.96. The Kier molecular flexibility index (Phi) is 4.82. The molecule has 1 amide bonds. The van der Waals surface area contributed by atoms with E-state index >= 15 is 0 Å². The molecule has 21 heavy (non-hydrogen) atoms. The third-order valence-corrected chi connectivity index (χ3v) is 3.18. The van der Waals surface area contributed by atoms with Gasteiger partial charge < -0.3 is 14.8 Å². The molecule has 110 valence electrons. The van der Waals surface area contributed by atoms with Crippen molar-refractivity contribution in [2.45, 2.75) is 13.5 Å². The Morgan fingerprint density at radius 3 is 2.10 bits per heavy atom. The number of ether oxygens (including phenoxy) is 2. The minimum Gasteiger partial charge on any atom is -0.497 e. The Bertz CT molecular complexity index is 598. The number of amides is 1. The molecule has 0 bridgehead atoms. The van der Waals surface area contributed by atoms with Gasteiger partial charge in [0.05, 0.1) is 14.2 Å². The second-order valence-electron chi connectivity index (χ2n) is 4.77. The molecule has 2 aromatic carbocycles. The van der Waals surface area contributed by atoms with E-state index in [1.165, 1.54) is 0 Å². The smallest absolute Gasteiger partial charge is 0.251 e. The Hall–Kier alpha value is -2.49. The molecule has 0 atom stereocenters. The molecule has 0 unspecified atom stereocenters. The fraction of sp³-hybridized carbons (Fsp3) is 0.235. The van der Waals surface area contributed by atoms with Crippen LogP contribution in [0.2, 0.25) is 0 Å². The zero-order valence-electron chi connectivity index (χ0n) is 12.5. The molecule has 1 N–H and O–H groups in total. The Morgan fingerprint density at radius 2 is 1.57 bits per heavy atom. The van der Waals surface area contributed by atoms with Crippen LogP contribution >= 0.6 is 0 Å². The molecule has 0 radical (unpaired) electrons. The number of nitrogens with one attached hydrogen (secondary N) is 1. The van der Waals surface area contributed by atoms with Crippen molar-refractivity contribution < 1.29 is 14.3 Å². The number of rotatable bonds is 5. The topological polar surface area (TPSA) is 47.6 Å². The van der Waals surface area contributed by atoms with Gasteiger partial charge in [-0.3, -0.25) is 4.79 Å². The minimum absolute atomic E-state index is 0.100. The molecule has 0 aliphatic carbocycles. The molecule has 0 heterocycles. The first-order valence-corrected chi connectivity index (χ1v) is 6.69. The van der Waals surface area contributed by atoms with Gasteiger partial charge in [0.2, 0.25) is 0 Å². The van der Waals surface area contributed by atoms with Crippen LogP contribution in [0.4, 0.5) is 0 Å². The number of methoxy groups -OCH3 is 2. The van der Waals surface area contributed by atoms with Crippen LogP contribution in [-0.2, 0) is 6.54 Å². The van der Waals surface area contributed by atoms with Crippen LogP contribution in [-0.4, -0.2) is 20.1 Å². The summed E-state index contributed by atoms with van der Waals surface area (Å²) in [6.07, 6.45) is 0. The average Bonchev–Trinajstić information content (AvgIpc) is 2.52. The van der Waals surface area contributed by atoms with Gasteiger partial charge in [0, 0.05) is 18.2 Å². The summed E-state index contributed by atoms with van der Waals surface area (Å²) in [7, 11) is 3.20. The van der Waals surface area contributed by atoms with Crippen LogP contribution in [0, 0.1) is 6.92 Å². The van der Waals surface area contributed by atoms with Crippen molar-refractivity contribution in [3.05, 3.63) is 59.2 Å². The molecule has 0 spiro atoms. The second kappa shape index (κ2) is 6.79. The van der Waals surface area contributed by atoms with Crippen LogP contribution in [0.5, 0.6) is 11.5 Å². The zero-order chi connectivity index (χ0) is 15.2. The van der Waals surface area contributed by atoms with Gasteiger partial charge in [-0.1, -0.05) is 17.7 Å². The van der Waals surface area contributed by atoms with Gasteiger partial charge in [0.25, 0.3) is 5.91 Å². The predicted octanol–water partition coefficient (Wildman–Crippen LogP) is 2.94. The van der Waals surface area contributed by atoms with E-state index in [1.54, 1.807) is 20.3 Å². The van der Waals surface area contributed by atoms with Gasteiger partial charge in [-0.2, -0.15) is 0 Å². The zero-order valence-corrected chi connectivity index (χ0v) is 12.5. The van der Waals surface area contributed by atoms with E-state index in [4.69, 9.17) is 9.47 Å². The maximum Gasteiger partial charge on any atom is 0.251 e. The maximum absolute atomic E-state index is 12.1. The monoisotopic (exact) mass is 285 g/mol. The quantitative estimate of drug-likeness (QED) is 0.918. The summed E-state index contributed by atoms with van der Waals surface area (Å²) in [6.45, 7) is 2.41. The van der Waals surface area contributed by atoms with E-state index in [9.17, 15) is 4.79 Å². The largest absolute Gasteiger partial charge is 0.497 e. The first-order valence-electron chi connectivity index (χ1n) is 6.69. The van der Waals surface area contributed by atoms with E-state index in [-0.39, 0.29) is 5.91 Å². The maximum atomic E-state index is 12.1. The van der Waals surface area contributed by atoms with E-state index in [0.29, 0.717) is 23.6 Å². The lowest BCUT2D eigenvalue weighted by Crippen LogP contribution is -2.22. The molecular weight excluding hydrogens is 266 g/mol. The number of carbonyl (C=O) groups excluding carboxylic acids is 1. The average molecular weight is 285 g/mol. The molecule has 0 aliphatic heterocycles. The molecule has 4 nitrogen and oxygen atoms in total. The molecule has 0 saturated carbocycles. The number of carbonyl (C=O) groups is 1. The van der Waals surface area contributed by atoms with E-state index < -0.39 is 0 Å². The Balaban J connectivity index is 2.05. The molecule has 0 aromatic heterocycles. The van der Waals surface area contributed by atoms with Crippen molar-refractivity contribution in [2.24, 2.45) is 0 Å². The number of hydrogen-bond acceptors (Lipinski definition) is 3. The van der Waals surface area contributed by atoms with Crippen molar-refractivity contribution in [3.8, 4) is 11.5 Å². The van der Waals surface area contributed by atoms with Crippen LogP contribution in [0.1, 0.15) is 21.5 Å². The predicted molar refractivity (Wildman–Crippen MR) is 81.9 cm³/mol. The lowest BCUT2D eigenvalue weighted by atomic mass is 10.1. The molecule has 2 aromatic rings. The summed E-state index contributed by atoms with van der Waals surface area (Å²) >= 11 is 0. The van der Waals surface area contributed by atoms with Gasteiger partial charge >= 0.3 is 0 Å². The highest BCUT2D eigenvalue weighted by Crippen LogP contribution is 2.22. The van der Waals surface area contributed by atoms with Gasteiger partial charge in [0.15, 0.2) is 0 Å². The lowest BCUT2D eigenvalue weighted by molar-refractivity contribution is 0.0951. The minimum atomic E-state index is -0.100. The van der Waals surface area contributed by atoms with Crippen LogP contribution < -0.4 is 14.8 Å². The molecule has 2 rings (SSSR count). The highest BCUT2D eigenvalue weighted by molar-refractivity contribution is 5.94. The number of benzene rings is 2. The van der Waals surface area contributed by atoms with E-state index in [0.717, 1.165) is 11.1 Å². The fourth-order valence-corrected chi connectivity index (χ4v) is 1.96. The lowest BCUT2D eigenvalue weighted by Gasteiger charge is -2.10. The van der Waals surface area contributed by atoms with Gasteiger partial charge in [0.1, 0.15) is 11.5 Å².